The lowest BCUT2D eigenvalue weighted by Gasteiger charge is -2.32. The summed E-state index contributed by atoms with van der Waals surface area (Å²) in [6.07, 6.45) is 1.81. The number of anilines is 1. The van der Waals surface area contributed by atoms with Crippen molar-refractivity contribution >= 4 is 18.4 Å². The van der Waals surface area contributed by atoms with Crippen LogP contribution in [0.15, 0.2) is 18.3 Å². The third-order valence-corrected chi connectivity index (χ3v) is 4.16. The van der Waals surface area contributed by atoms with Crippen molar-refractivity contribution in [3.05, 3.63) is 18.3 Å². The van der Waals surface area contributed by atoms with Crippen molar-refractivity contribution in [3.8, 4) is 0 Å². The topological polar surface area (TPSA) is 34.6 Å². The fraction of sp³-hybridized carbons (Fsp3) is 0.643. The van der Waals surface area contributed by atoms with Crippen LogP contribution in [0.3, 0.4) is 0 Å². The Morgan fingerprint density at radius 3 is 2.32 bits per heavy atom. The van der Waals surface area contributed by atoms with E-state index in [2.05, 4.69) is 44.5 Å². The summed E-state index contributed by atoms with van der Waals surface area (Å²) in [5, 5.41) is 0. The average molecular weight is 262 g/mol. The average Bonchev–Trinajstić information content (AvgIpc) is 2.58. The van der Waals surface area contributed by atoms with E-state index in [0.717, 1.165) is 17.8 Å². The number of nitrogens with zero attached hydrogens (tertiary/aromatic N) is 2. The summed E-state index contributed by atoms with van der Waals surface area (Å²) in [4.78, 5) is 6.46. The van der Waals surface area contributed by atoms with Crippen LogP contribution in [0.1, 0.15) is 34.6 Å². The monoisotopic (exact) mass is 262 g/mol. The molecule has 1 aliphatic heterocycles. The van der Waals surface area contributed by atoms with Gasteiger partial charge in [-0.3, -0.25) is 0 Å². The Morgan fingerprint density at radius 2 is 1.79 bits per heavy atom. The Kier molecular flexibility index (Phi) is 3.62. The third-order valence-electron chi connectivity index (χ3n) is 4.16. The fourth-order valence-corrected chi connectivity index (χ4v) is 1.93. The van der Waals surface area contributed by atoms with Crippen molar-refractivity contribution in [2.24, 2.45) is 0 Å². The number of pyridine rings is 1. The van der Waals surface area contributed by atoms with E-state index in [-0.39, 0.29) is 18.3 Å². The first-order chi connectivity index (χ1) is 8.77. The van der Waals surface area contributed by atoms with Gasteiger partial charge in [-0.1, -0.05) is 0 Å². The lowest BCUT2D eigenvalue weighted by Crippen LogP contribution is -2.41. The predicted molar refractivity (Wildman–Crippen MR) is 78.9 cm³/mol. The Labute approximate surface area is 116 Å². The molecule has 0 aromatic carbocycles. The summed E-state index contributed by atoms with van der Waals surface area (Å²) < 4.78 is 12.1. The van der Waals surface area contributed by atoms with Gasteiger partial charge >= 0.3 is 7.12 Å². The highest BCUT2D eigenvalue weighted by Crippen LogP contribution is 2.36. The molecule has 0 amide bonds. The largest absolute Gasteiger partial charge is 0.495 e. The van der Waals surface area contributed by atoms with E-state index in [1.54, 1.807) is 0 Å². The number of aromatic nitrogens is 1. The van der Waals surface area contributed by atoms with Crippen LogP contribution in [0.25, 0.3) is 0 Å². The molecule has 0 atom stereocenters. The van der Waals surface area contributed by atoms with Gasteiger partial charge in [0.2, 0.25) is 0 Å². The molecule has 0 N–H and O–H groups in total. The van der Waals surface area contributed by atoms with Crippen LogP contribution in [-0.2, 0) is 9.31 Å². The minimum Gasteiger partial charge on any atom is -0.399 e. The standard InChI is InChI=1S/C14H23BN2O2/c1-7-17(6)12-10-11(8-9-16-12)15-18-13(2,3)14(4,5)19-15/h8-10H,7H2,1-6H3. The molecule has 1 aromatic heterocycles. The number of hydrogen-bond donors (Lipinski definition) is 0. The molecule has 4 nitrogen and oxygen atoms in total. The van der Waals surface area contributed by atoms with Crippen LogP contribution in [0.5, 0.6) is 0 Å². The molecule has 1 aliphatic rings. The molecule has 104 valence electrons. The molecular weight excluding hydrogens is 239 g/mol. The fourth-order valence-electron chi connectivity index (χ4n) is 1.93. The van der Waals surface area contributed by atoms with Crippen LogP contribution < -0.4 is 10.4 Å². The second kappa shape index (κ2) is 4.80. The van der Waals surface area contributed by atoms with E-state index < -0.39 is 0 Å². The van der Waals surface area contributed by atoms with E-state index in [0.29, 0.717) is 0 Å². The zero-order valence-electron chi connectivity index (χ0n) is 12.7. The van der Waals surface area contributed by atoms with Gasteiger partial charge < -0.3 is 14.2 Å². The maximum absolute atomic E-state index is 6.05. The molecule has 1 fully saturated rings. The van der Waals surface area contributed by atoms with Crippen molar-refractivity contribution < 1.29 is 9.31 Å². The Hall–Kier alpha value is -1.07. The Morgan fingerprint density at radius 1 is 1.21 bits per heavy atom. The molecule has 1 saturated heterocycles. The van der Waals surface area contributed by atoms with Crippen molar-refractivity contribution in [1.29, 1.82) is 0 Å². The van der Waals surface area contributed by atoms with E-state index in [1.807, 2.05) is 25.4 Å². The van der Waals surface area contributed by atoms with E-state index >= 15 is 0 Å². The highest BCUT2D eigenvalue weighted by Gasteiger charge is 2.51. The minimum absolute atomic E-state index is 0.308. The highest BCUT2D eigenvalue weighted by molar-refractivity contribution is 6.62. The molecule has 0 aliphatic carbocycles. The van der Waals surface area contributed by atoms with Gasteiger partial charge in [0, 0.05) is 19.8 Å². The van der Waals surface area contributed by atoms with Gasteiger partial charge in [0.15, 0.2) is 0 Å². The summed E-state index contributed by atoms with van der Waals surface area (Å²) in [5.74, 6) is 0.940. The van der Waals surface area contributed by atoms with Gasteiger partial charge in [-0.15, -0.1) is 0 Å². The maximum Gasteiger partial charge on any atom is 0.495 e. The molecule has 0 saturated carbocycles. The zero-order valence-corrected chi connectivity index (χ0v) is 12.7. The molecule has 1 aromatic rings. The molecular formula is C14H23BN2O2. The van der Waals surface area contributed by atoms with E-state index in [9.17, 15) is 0 Å². The Bertz CT molecular complexity index is 447. The van der Waals surface area contributed by atoms with Crippen molar-refractivity contribution in [2.75, 3.05) is 18.5 Å². The normalized spacial score (nSPS) is 20.6. The Balaban J connectivity index is 2.25. The summed E-state index contributed by atoms with van der Waals surface area (Å²) in [7, 11) is 1.70. The second-order valence-corrected chi connectivity index (χ2v) is 6.05. The highest BCUT2D eigenvalue weighted by atomic mass is 16.7. The van der Waals surface area contributed by atoms with Gasteiger partial charge in [-0.05, 0) is 52.2 Å². The first-order valence-electron chi connectivity index (χ1n) is 6.79. The molecule has 0 radical (unpaired) electrons. The zero-order chi connectivity index (χ0) is 14.3. The van der Waals surface area contributed by atoms with Crippen LogP contribution in [-0.4, -0.2) is 36.9 Å². The molecule has 0 unspecified atom stereocenters. The smallest absolute Gasteiger partial charge is 0.399 e. The first kappa shape index (κ1) is 14.3. The van der Waals surface area contributed by atoms with Gasteiger partial charge in [0.05, 0.1) is 11.2 Å². The van der Waals surface area contributed by atoms with E-state index in [4.69, 9.17) is 9.31 Å². The lowest BCUT2D eigenvalue weighted by atomic mass is 9.79. The van der Waals surface area contributed by atoms with Gasteiger partial charge in [0.25, 0.3) is 0 Å². The molecule has 2 rings (SSSR count). The number of rotatable bonds is 3. The van der Waals surface area contributed by atoms with Crippen molar-refractivity contribution in [2.45, 2.75) is 45.8 Å². The second-order valence-electron chi connectivity index (χ2n) is 6.05. The van der Waals surface area contributed by atoms with Gasteiger partial charge in [-0.2, -0.15) is 0 Å². The minimum atomic E-state index is -0.322. The molecule has 0 spiro atoms. The summed E-state index contributed by atoms with van der Waals surface area (Å²) in [6, 6.07) is 3.99. The first-order valence-corrected chi connectivity index (χ1v) is 6.79. The van der Waals surface area contributed by atoms with Crippen LogP contribution in [0.2, 0.25) is 0 Å². The maximum atomic E-state index is 6.05. The number of hydrogen-bond acceptors (Lipinski definition) is 4. The molecule has 5 heteroatoms. The lowest BCUT2D eigenvalue weighted by molar-refractivity contribution is 0.00578. The van der Waals surface area contributed by atoms with Crippen molar-refractivity contribution in [3.63, 3.8) is 0 Å². The van der Waals surface area contributed by atoms with Crippen LogP contribution in [0.4, 0.5) is 5.82 Å². The predicted octanol–water partition coefficient (Wildman–Crippen LogP) is 1.84. The van der Waals surface area contributed by atoms with E-state index in [1.165, 1.54) is 0 Å². The SMILES string of the molecule is CCN(C)c1cc(B2OC(C)(C)C(C)(C)O2)ccn1. The third kappa shape index (κ3) is 2.62. The molecule has 19 heavy (non-hydrogen) atoms. The van der Waals surface area contributed by atoms with Crippen molar-refractivity contribution in [1.82, 2.24) is 4.98 Å². The summed E-state index contributed by atoms with van der Waals surface area (Å²) >= 11 is 0. The van der Waals surface area contributed by atoms with Crippen LogP contribution in [0, 0.1) is 0 Å². The summed E-state index contributed by atoms with van der Waals surface area (Å²) in [6.45, 7) is 11.3. The quantitative estimate of drug-likeness (QED) is 0.778. The van der Waals surface area contributed by atoms with Gasteiger partial charge in [0.1, 0.15) is 5.82 Å². The van der Waals surface area contributed by atoms with Crippen LogP contribution >= 0.6 is 0 Å². The molecule has 2 heterocycles. The van der Waals surface area contributed by atoms with Gasteiger partial charge in [-0.25, -0.2) is 4.98 Å². The summed E-state index contributed by atoms with van der Waals surface area (Å²) in [5.41, 5.74) is 0.402. The molecule has 0 bridgehead atoms.